The van der Waals surface area contributed by atoms with Gasteiger partial charge in [-0.2, -0.15) is 5.10 Å². The lowest BCUT2D eigenvalue weighted by atomic mass is 10.1. The van der Waals surface area contributed by atoms with Crippen LogP contribution < -0.4 is 14.5 Å². The molecule has 222 valence electrons. The molecular formula is C32H26N4O7S. The Balaban J connectivity index is 1.39. The summed E-state index contributed by atoms with van der Waals surface area (Å²) in [4.78, 5) is 23.8. The lowest BCUT2D eigenvalue weighted by Gasteiger charge is -2.26. The molecule has 12 heteroatoms. The van der Waals surface area contributed by atoms with E-state index in [1.54, 1.807) is 66.7 Å². The van der Waals surface area contributed by atoms with Gasteiger partial charge in [-0.05, 0) is 66.2 Å². The van der Waals surface area contributed by atoms with Gasteiger partial charge in [-0.1, -0.05) is 42.5 Å². The number of hydrogen-bond acceptors (Lipinski definition) is 8. The number of nitro benzene ring substituents is 1. The van der Waals surface area contributed by atoms with Crippen molar-refractivity contribution < 1.29 is 27.3 Å². The zero-order valence-electron chi connectivity index (χ0n) is 23.4. The van der Waals surface area contributed by atoms with Crippen LogP contribution in [-0.4, -0.2) is 32.6 Å². The molecule has 0 bridgehead atoms. The van der Waals surface area contributed by atoms with Crippen LogP contribution in [0.25, 0.3) is 11.3 Å². The van der Waals surface area contributed by atoms with Crippen LogP contribution in [0.4, 0.5) is 11.4 Å². The third kappa shape index (κ3) is 6.66. The number of anilines is 1. The normalized spacial score (nSPS) is 11.3. The number of nitrogens with one attached hydrogen (secondary N) is 1. The maximum atomic E-state index is 14.0. The standard InChI is InChI=1S/C32H26N4O7S/c1-42-26-15-18-28(19-16-26)44(40,41)35(22-23-7-3-2-4-8-23)30-10-6-5-9-29(30)32(37)34-33-21-27-17-20-31(43-27)24-11-13-25(14-12-24)36(38)39/h2-21H,22H2,1H3,(H,34,37)/b33-21-. The molecule has 0 aliphatic heterocycles. The number of ether oxygens (including phenoxy) is 1. The van der Waals surface area contributed by atoms with E-state index in [2.05, 4.69) is 10.5 Å². The molecule has 1 amide bonds. The fourth-order valence-corrected chi connectivity index (χ4v) is 5.82. The van der Waals surface area contributed by atoms with Crippen molar-refractivity contribution in [3.8, 4) is 17.1 Å². The zero-order valence-corrected chi connectivity index (χ0v) is 24.2. The van der Waals surface area contributed by atoms with Gasteiger partial charge in [0.1, 0.15) is 17.3 Å². The summed E-state index contributed by atoms with van der Waals surface area (Å²) in [6.45, 7) is -0.0272. The molecule has 5 aromatic rings. The number of hydrazone groups is 1. The van der Waals surface area contributed by atoms with Crippen molar-refractivity contribution in [3.05, 3.63) is 142 Å². The van der Waals surface area contributed by atoms with Gasteiger partial charge in [-0.15, -0.1) is 0 Å². The summed E-state index contributed by atoms with van der Waals surface area (Å²) >= 11 is 0. The van der Waals surface area contributed by atoms with Crippen molar-refractivity contribution in [2.75, 3.05) is 11.4 Å². The maximum Gasteiger partial charge on any atom is 0.273 e. The number of carbonyl (C=O) groups is 1. The highest BCUT2D eigenvalue weighted by molar-refractivity contribution is 7.92. The molecule has 0 aliphatic carbocycles. The lowest BCUT2D eigenvalue weighted by Crippen LogP contribution is -2.33. The van der Waals surface area contributed by atoms with Crippen LogP contribution >= 0.6 is 0 Å². The lowest BCUT2D eigenvalue weighted by molar-refractivity contribution is -0.384. The van der Waals surface area contributed by atoms with Crippen molar-refractivity contribution in [1.29, 1.82) is 0 Å². The van der Waals surface area contributed by atoms with Crippen LogP contribution in [0.1, 0.15) is 21.7 Å². The first kappa shape index (κ1) is 29.7. The number of methoxy groups -OCH3 is 1. The number of hydrogen-bond donors (Lipinski definition) is 1. The Morgan fingerprint density at radius 2 is 1.61 bits per heavy atom. The minimum Gasteiger partial charge on any atom is -0.497 e. The number of benzene rings is 4. The van der Waals surface area contributed by atoms with Gasteiger partial charge in [-0.3, -0.25) is 19.2 Å². The number of nitrogens with zero attached hydrogens (tertiary/aromatic N) is 3. The predicted octanol–water partition coefficient (Wildman–Crippen LogP) is 6.02. The van der Waals surface area contributed by atoms with Crippen LogP contribution in [0.2, 0.25) is 0 Å². The number of para-hydroxylation sites is 1. The maximum absolute atomic E-state index is 14.0. The first-order chi connectivity index (χ1) is 21.3. The van der Waals surface area contributed by atoms with Crippen LogP contribution in [0.5, 0.6) is 5.75 Å². The van der Waals surface area contributed by atoms with Gasteiger partial charge in [0, 0.05) is 17.7 Å². The van der Waals surface area contributed by atoms with Crippen molar-refractivity contribution in [3.63, 3.8) is 0 Å². The monoisotopic (exact) mass is 610 g/mol. The first-order valence-corrected chi connectivity index (χ1v) is 14.7. The topological polar surface area (TPSA) is 144 Å². The number of carbonyl (C=O) groups excluding carboxylic acids is 1. The van der Waals surface area contributed by atoms with E-state index in [4.69, 9.17) is 9.15 Å². The van der Waals surface area contributed by atoms with E-state index in [0.717, 1.165) is 5.56 Å². The van der Waals surface area contributed by atoms with Crippen LogP contribution in [0.15, 0.2) is 130 Å². The third-order valence-electron chi connectivity index (χ3n) is 6.58. The van der Waals surface area contributed by atoms with E-state index < -0.39 is 20.9 Å². The Morgan fingerprint density at radius 3 is 2.30 bits per heavy atom. The number of non-ortho nitro benzene ring substituents is 1. The smallest absolute Gasteiger partial charge is 0.273 e. The molecule has 0 radical (unpaired) electrons. The highest BCUT2D eigenvalue weighted by Crippen LogP contribution is 2.30. The molecule has 11 nitrogen and oxygen atoms in total. The summed E-state index contributed by atoms with van der Waals surface area (Å²) in [5.74, 6) is 0.646. The van der Waals surface area contributed by atoms with E-state index in [9.17, 15) is 23.3 Å². The van der Waals surface area contributed by atoms with Crippen LogP contribution in [-0.2, 0) is 16.6 Å². The molecule has 0 saturated heterocycles. The Bertz CT molecular complexity index is 1900. The van der Waals surface area contributed by atoms with E-state index >= 15 is 0 Å². The number of rotatable bonds is 11. The first-order valence-electron chi connectivity index (χ1n) is 13.2. The molecule has 4 aromatic carbocycles. The van der Waals surface area contributed by atoms with Crippen molar-refractivity contribution in [2.24, 2.45) is 5.10 Å². The van der Waals surface area contributed by atoms with Crippen LogP contribution in [0, 0.1) is 10.1 Å². The van der Waals surface area contributed by atoms with E-state index in [1.165, 1.54) is 48.0 Å². The number of amides is 1. The molecule has 1 aromatic heterocycles. The molecule has 1 N–H and O–H groups in total. The summed E-state index contributed by atoms with van der Waals surface area (Å²) in [6, 6.07) is 30.6. The van der Waals surface area contributed by atoms with Gasteiger partial charge in [0.15, 0.2) is 0 Å². The third-order valence-corrected chi connectivity index (χ3v) is 8.36. The molecule has 0 atom stereocenters. The summed E-state index contributed by atoms with van der Waals surface area (Å²) < 4.78 is 40.0. The molecule has 0 saturated carbocycles. The summed E-state index contributed by atoms with van der Waals surface area (Å²) in [5, 5.41) is 14.9. The van der Waals surface area contributed by atoms with Crippen molar-refractivity contribution >= 4 is 33.5 Å². The van der Waals surface area contributed by atoms with E-state index in [-0.39, 0.29) is 28.4 Å². The van der Waals surface area contributed by atoms with Gasteiger partial charge in [0.2, 0.25) is 0 Å². The number of nitro groups is 1. The molecule has 44 heavy (non-hydrogen) atoms. The number of sulfonamides is 1. The summed E-state index contributed by atoms with van der Waals surface area (Å²) in [7, 11) is -2.63. The van der Waals surface area contributed by atoms with Gasteiger partial charge in [0.25, 0.3) is 21.6 Å². The SMILES string of the molecule is COc1ccc(S(=O)(=O)N(Cc2ccccc2)c2ccccc2C(=O)N/N=C\c2ccc(-c3ccc([N+](=O)[O-])cc3)o2)cc1. The molecule has 1 heterocycles. The van der Waals surface area contributed by atoms with Gasteiger partial charge in [-0.25, -0.2) is 13.8 Å². The highest BCUT2D eigenvalue weighted by atomic mass is 32.2. The molecule has 0 unspecified atom stereocenters. The Hall–Kier alpha value is -5.75. The largest absolute Gasteiger partial charge is 0.497 e. The average Bonchev–Trinajstić information content (AvgIpc) is 3.53. The molecule has 0 fully saturated rings. The summed E-state index contributed by atoms with van der Waals surface area (Å²) in [5.41, 5.74) is 4.00. The van der Waals surface area contributed by atoms with Crippen LogP contribution in [0.3, 0.4) is 0 Å². The Kier molecular flexibility index (Phi) is 8.82. The highest BCUT2D eigenvalue weighted by Gasteiger charge is 2.28. The fraction of sp³-hybridized carbons (Fsp3) is 0.0625. The van der Waals surface area contributed by atoms with Gasteiger partial charge < -0.3 is 9.15 Å². The Labute approximate surface area is 253 Å². The van der Waals surface area contributed by atoms with Crippen molar-refractivity contribution in [2.45, 2.75) is 11.4 Å². The Morgan fingerprint density at radius 1 is 0.932 bits per heavy atom. The molecular weight excluding hydrogens is 584 g/mol. The second kappa shape index (κ2) is 13.0. The molecule has 0 aliphatic rings. The zero-order chi connectivity index (χ0) is 31.1. The minimum atomic E-state index is -4.12. The quantitative estimate of drug-likeness (QED) is 0.109. The average molecular weight is 611 g/mol. The second-order valence-corrected chi connectivity index (χ2v) is 11.3. The fourth-order valence-electron chi connectivity index (χ4n) is 4.35. The molecule has 0 spiro atoms. The summed E-state index contributed by atoms with van der Waals surface area (Å²) in [6.07, 6.45) is 1.30. The van der Waals surface area contributed by atoms with Gasteiger partial charge >= 0.3 is 0 Å². The second-order valence-electron chi connectivity index (χ2n) is 9.40. The minimum absolute atomic E-state index is 0.0272. The van der Waals surface area contributed by atoms with E-state index in [0.29, 0.717) is 22.8 Å². The predicted molar refractivity (Wildman–Crippen MR) is 165 cm³/mol. The van der Waals surface area contributed by atoms with Gasteiger partial charge in [0.05, 0.1) is 40.9 Å². The van der Waals surface area contributed by atoms with Crippen molar-refractivity contribution in [1.82, 2.24) is 5.43 Å². The molecule has 5 rings (SSSR count). The number of furan rings is 1. The van der Waals surface area contributed by atoms with E-state index in [1.807, 2.05) is 18.2 Å².